The van der Waals surface area contributed by atoms with E-state index in [1.54, 1.807) is 23.3 Å². The van der Waals surface area contributed by atoms with Gasteiger partial charge in [-0.1, -0.05) is 18.9 Å². The van der Waals surface area contributed by atoms with Gasteiger partial charge in [0.25, 0.3) is 0 Å². The second-order valence-corrected chi connectivity index (χ2v) is 14.2. The highest BCUT2D eigenvalue weighted by Gasteiger charge is 2.31. The number of rotatable bonds is 7. The number of hydrogen-bond donors (Lipinski definition) is 3. The molecule has 2 aromatic heterocycles. The lowest BCUT2D eigenvalue weighted by Gasteiger charge is -2.35. The summed E-state index contributed by atoms with van der Waals surface area (Å²) < 4.78 is 18.3. The summed E-state index contributed by atoms with van der Waals surface area (Å²) in [6, 6.07) is 6.53. The van der Waals surface area contributed by atoms with Crippen molar-refractivity contribution in [2.24, 2.45) is 5.73 Å². The second kappa shape index (κ2) is 13.5. The smallest absolute Gasteiger partial charge is 0.410 e. The number of nitrogens with two attached hydrogens (primary N) is 1. The zero-order valence-corrected chi connectivity index (χ0v) is 27.6. The molecule has 13 heteroatoms. The van der Waals surface area contributed by atoms with Crippen LogP contribution in [0.5, 0.6) is 5.88 Å². The Hall–Kier alpha value is -3.42. The molecular formula is C32H46N8O4S. The number of ether oxygens (including phenoxy) is 3. The molecular weight excluding hydrogens is 592 g/mol. The van der Waals surface area contributed by atoms with Gasteiger partial charge in [-0.25, -0.2) is 9.78 Å². The lowest BCUT2D eigenvalue weighted by molar-refractivity contribution is 0.0206. The van der Waals surface area contributed by atoms with E-state index in [-0.39, 0.29) is 24.2 Å². The lowest BCUT2D eigenvalue weighted by atomic mass is 9.91. The van der Waals surface area contributed by atoms with Crippen LogP contribution in [0.25, 0.3) is 20.8 Å². The molecule has 3 aromatic rings. The summed E-state index contributed by atoms with van der Waals surface area (Å²) in [5.74, 6) is 1.68. The summed E-state index contributed by atoms with van der Waals surface area (Å²) in [7, 11) is 1.63. The number of thiazole rings is 1. The zero-order chi connectivity index (χ0) is 31.6. The third-order valence-corrected chi connectivity index (χ3v) is 9.60. The number of aromatic nitrogens is 3. The van der Waals surface area contributed by atoms with E-state index in [0.29, 0.717) is 62.6 Å². The van der Waals surface area contributed by atoms with E-state index in [2.05, 4.69) is 33.7 Å². The first-order valence-corrected chi connectivity index (χ1v) is 17.0. The van der Waals surface area contributed by atoms with Crippen LogP contribution >= 0.6 is 11.3 Å². The number of nitrogens with one attached hydrogen (secondary N) is 2. The Balaban J connectivity index is 1.35. The van der Waals surface area contributed by atoms with Gasteiger partial charge >= 0.3 is 6.09 Å². The van der Waals surface area contributed by atoms with Crippen LogP contribution in [-0.2, 0) is 9.47 Å². The van der Waals surface area contributed by atoms with Crippen LogP contribution < -0.4 is 26.0 Å². The molecule has 45 heavy (non-hydrogen) atoms. The van der Waals surface area contributed by atoms with Crippen molar-refractivity contribution in [2.75, 3.05) is 62.0 Å². The fraction of sp³-hybridized carbons (Fsp3) is 0.625. The van der Waals surface area contributed by atoms with Crippen molar-refractivity contribution in [1.82, 2.24) is 19.9 Å². The summed E-state index contributed by atoms with van der Waals surface area (Å²) >= 11 is 1.59. The summed E-state index contributed by atoms with van der Waals surface area (Å²) in [5.41, 5.74) is 8.52. The molecule has 4 heterocycles. The van der Waals surface area contributed by atoms with Crippen LogP contribution in [0.1, 0.15) is 59.3 Å². The number of anilines is 3. The van der Waals surface area contributed by atoms with E-state index in [4.69, 9.17) is 34.9 Å². The normalized spacial score (nSPS) is 22.7. The molecule has 1 aliphatic carbocycles. The Morgan fingerprint density at radius 3 is 2.60 bits per heavy atom. The summed E-state index contributed by atoms with van der Waals surface area (Å²) in [5, 5.41) is 8.14. The van der Waals surface area contributed by atoms with Crippen LogP contribution in [-0.4, -0.2) is 96.2 Å². The summed E-state index contributed by atoms with van der Waals surface area (Å²) in [6.45, 7) is 9.44. The number of methoxy groups -OCH3 is 1. The van der Waals surface area contributed by atoms with E-state index in [1.165, 1.54) is 12.8 Å². The van der Waals surface area contributed by atoms with Gasteiger partial charge in [0.1, 0.15) is 27.5 Å². The van der Waals surface area contributed by atoms with Gasteiger partial charge in [-0.2, -0.15) is 9.97 Å². The van der Waals surface area contributed by atoms with Gasteiger partial charge < -0.3 is 40.4 Å². The third-order valence-electron chi connectivity index (χ3n) is 8.56. The first-order chi connectivity index (χ1) is 21.7. The van der Waals surface area contributed by atoms with Crippen LogP contribution in [0.3, 0.4) is 0 Å². The standard InChI is InChI=1S/C32H46N8O4S/c1-32(2,3)44-31(41)40-14-8-9-20(19-40)34-27-25(28(42-4)38-30(37-27)39-15-17-43-18-16-39)29-36-26-23(12-7-13-24(26)45-29)35-22-11-6-5-10-21(22)33/h7,12-13,20-22,35H,5-6,8-11,14-19,33H2,1-4H3,(H,34,37,38). The van der Waals surface area contributed by atoms with Gasteiger partial charge in [0, 0.05) is 44.3 Å². The topological polar surface area (TPSA) is 140 Å². The number of hydrogen-bond acceptors (Lipinski definition) is 12. The number of morpholine rings is 1. The minimum Gasteiger partial charge on any atom is -0.480 e. The molecule has 2 aliphatic heterocycles. The minimum atomic E-state index is -0.555. The number of amides is 1. The summed E-state index contributed by atoms with van der Waals surface area (Å²) in [4.78, 5) is 31.9. The molecule has 3 atom stereocenters. The molecule has 1 saturated carbocycles. The largest absolute Gasteiger partial charge is 0.480 e. The monoisotopic (exact) mass is 638 g/mol. The molecule has 0 radical (unpaired) electrons. The maximum atomic E-state index is 12.9. The van der Waals surface area contributed by atoms with E-state index in [1.807, 2.05) is 20.8 Å². The molecule has 6 rings (SSSR count). The average molecular weight is 639 g/mol. The molecule has 1 amide bonds. The van der Waals surface area contributed by atoms with Gasteiger partial charge in [0.05, 0.1) is 30.7 Å². The Morgan fingerprint density at radius 2 is 1.84 bits per heavy atom. The number of fused-ring (bicyclic) bond motifs is 1. The first kappa shape index (κ1) is 31.6. The fourth-order valence-corrected chi connectivity index (χ4v) is 7.30. The van der Waals surface area contributed by atoms with Crippen molar-refractivity contribution >= 4 is 45.1 Å². The van der Waals surface area contributed by atoms with Crippen molar-refractivity contribution in [3.63, 3.8) is 0 Å². The molecule has 3 aliphatic rings. The van der Waals surface area contributed by atoms with Gasteiger partial charge in [0.2, 0.25) is 11.8 Å². The number of carbonyl (C=O) groups excluding carboxylic acids is 1. The molecule has 4 N–H and O–H groups in total. The van der Waals surface area contributed by atoms with Gasteiger partial charge in [-0.15, -0.1) is 11.3 Å². The number of nitrogens with zero attached hydrogens (tertiary/aromatic N) is 5. The Kier molecular flexibility index (Phi) is 9.48. The molecule has 0 bridgehead atoms. The van der Waals surface area contributed by atoms with Crippen molar-refractivity contribution in [2.45, 2.75) is 83.0 Å². The third kappa shape index (κ3) is 7.36. The molecule has 3 fully saturated rings. The highest BCUT2D eigenvalue weighted by atomic mass is 32.1. The van der Waals surface area contributed by atoms with Gasteiger partial charge in [-0.05, 0) is 58.6 Å². The van der Waals surface area contributed by atoms with E-state index < -0.39 is 5.60 Å². The van der Waals surface area contributed by atoms with Crippen molar-refractivity contribution in [3.8, 4) is 16.5 Å². The van der Waals surface area contributed by atoms with Crippen molar-refractivity contribution in [1.29, 1.82) is 0 Å². The first-order valence-electron chi connectivity index (χ1n) is 16.1. The van der Waals surface area contributed by atoms with Crippen LogP contribution in [0.2, 0.25) is 0 Å². The molecule has 244 valence electrons. The Bertz CT molecular complexity index is 1490. The van der Waals surface area contributed by atoms with E-state index >= 15 is 0 Å². The highest BCUT2D eigenvalue weighted by Crippen LogP contribution is 2.42. The number of piperidine rings is 1. The maximum absolute atomic E-state index is 12.9. The van der Waals surface area contributed by atoms with Gasteiger partial charge in [0.15, 0.2) is 0 Å². The number of carbonyl (C=O) groups is 1. The molecule has 2 saturated heterocycles. The SMILES string of the molecule is COc1nc(N2CCOCC2)nc(NC2CCCN(C(=O)OC(C)(C)C)C2)c1-c1nc2c(NC3CCCCC3N)cccc2s1. The predicted molar refractivity (Wildman–Crippen MR) is 179 cm³/mol. The van der Waals surface area contributed by atoms with Crippen molar-refractivity contribution in [3.05, 3.63) is 18.2 Å². The number of benzene rings is 1. The van der Waals surface area contributed by atoms with E-state index in [9.17, 15) is 4.79 Å². The zero-order valence-electron chi connectivity index (χ0n) is 26.8. The maximum Gasteiger partial charge on any atom is 0.410 e. The highest BCUT2D eigenvalue weighted by molar-refractivity contribution is 7.21. The van der Waals surface area contributed by atoms with E-state index in [0.717, 1.165) is 46.6 Å². The molecule has 0 spiro atoms. The van der Waals surface area contributed by atoms with Crippen LogP contribution in [0.15, 0.2) is 18.2 Å². The summed E-state index contributed by atoms with van der Waals surface area (Å²) in [6.07, 6.45) is 5.87. The Labute approximate surface area is 269 Å². The fourth-order valence-electron chi connectivity index (χ4n) is 6.27. The Morgan fingerprint density at radius 1 is 1.04 bits per heavy atom. The van der Waals surface area contributed by atoms with Crippen molar-refractivity contribution < 1.29 is 19.0 Å². The van der Waals surface area contributed by atoms with Gasteiger partial charge in [-0.3, -0.25) is 0 Å². The minimum absolute atomic E-state index is 0.0402. The van der Waals surface area contributed by atoms with Crippen LogP contribution in [0, 0.1) is 0 Å². The second-order valence-electron chi connectivity index (χ2n) is 13.1. The quantitative estimate of drug-likeness (QED) is 0.319. The predicted octanol–water partition coefficient (Wildman–Crippen LogP) is 5.09. The molecule has 12 nitrogen and oxygen atoms in total. The molecule has 1 aromatic carbocycles. The lowest BCUT2D eigenvalue weighted by Crippen LogP contribution is -2.47. The average Bonchev–Trinajstić information content (AvgIpc) is 3.46. The number of para-hydroxylation sites is 1. The molecule has 3 unspecified atom stereocenters. The van der Waals surface area contributed by atoms with Crippen LogP contribution in [0.4, 0.5) is 22.2 Å². The number of likely N-dealkylation sites (tertiary alicyclic amines) is 1.